The summed E-state index contributed by atoms with van der Waals surface area (Å²) < 4.78 is 1.19. The van der Waals surface area contributed by atoms with Crippen LogP contribution in [0.3, 0.4) is 0 Å². The molecule has 0 aliphatic carbocycles. The topological polar surface area (TPSA) is 12.0 Å². The zero-order chi connectivity index (χ0) is 10.2. The van der Waals surface area contributed by atoms with E-state index in [4.69, 9.17) is 0 Å². The van der Waals surface area contributed by atoms with Gasteiger partial charge in [-0.15, -0.1) is 0 Å². The second-order valence-electron chi connectivity index (χ2n) is 3.12. The Balaban J connectivity index is 2.18. The summed E-state index contributed by atoms with van der Waals surface area (Å²) in [5.41, 5.74) is 1.28. The van der Waals surface area contributed by atoms with Crippen molar-refractivity contribution in [1.82, 2.24) is 5.32 Å². The highest BCUT2D eigenvalue weighted by Gasteiger charge is 1.94. The first-order valence-electron chi connectivity index (χ1n) is 4.93. The number of hydrogen-bond acceptors (Lipinski definition) is 2. The fourth-order valence-electron chi connectivity index (χ4n) is 1.11. The predicted molar refractivity (Wildman–Crippen MR) is 68.8 cm³/mol. The summed E-state index contributed by atoms with van der Waals surface area (Å²) in [6.45, 7) is 4.38. The van der Waals surface area contributed by atoms with Gasteiger partial charge in [0.25, 0.3) is 0 Å². The van der Waals surface area contributed by atoms with Gasteiger partial charge in [-0.3, -0.25) is 0 Å². The van der Waals surface area contributed by atoms with Crippen molar-refractivity contribution in [2.24, 2.45) is 0 Å². The molecule has 0 aromatic carbocycles. The molecule has 1 heterocycles. The van der Waals surface area contributed by atoms with Crippen molar-refractivity contribution in [2.75, 3.05) is 13.1 Å². The Kier molecular flexibility index (Phi) is 6.15. The van der Waals surface area contributed by atoms with Crippen LogP contribution in [0, 0.1) is 0 Å². The van der Waals surface area contributed by atoms with Crippen molar-refractivity contribution in [3.63, 3.8) is 0 Å². The van der Waals surface area contributed by atoms with Gasteiger partial charge >= 0.3 is 0 Å². The van der Waals surface area contributed by atoms with Crippen LogP contribution in [0.25, 0.3) is 6.08 Å². The molecule has 0 unspecified atom stereocenters. The van der Waals surface area contributed by atoms with E-state index in [1.165, 1.54) is 16.5 Å². The molecule has 0 saturated heterocycles. The molecule has 78 valence electrons. The number of thiophene rings is 1. The highest BCUT2D eigenvalue weighted by molar-refractivity contribution is 9.10. The molecule has 0 radical (unpaired) electrons. The van der Waals surface area contributed by atoms with Crippen LogP contribution in [0.1, 0.15) is 25.3 Å². The summed E-state index contributed by atoms with van der Waals surface area (Å²) in [6.07, 6.45) is 6.70. The van der Waals surface area contributed by atoms with Crippen LogP contribution in [-0.2, 0) is 0 Å². The van der Waals surface area contributed by atoms with Crippen molar-refractivity contribution < 1.29 is 0 Å². The maximum Gasteiger partial charge on any atom is 0.0354 e. The van der Waals surface area contributed by atoms with Gasteiger partial charge < -0.3 is 5.32 Å². The number of hydrogen-bond donors (Lipinski definition) is 1. The average Bonchev–Trinajstić information content (AvgIpc) is 2.58. The fourth-order valence-corrected chi connectivity index (χ4v) is 2.51. The third-order valence-electron chi connectivity index (χ3n) is 1.85. The van der Waals surface area contributed by atoms with Crippen LogP contribution in [0.15, 0.2) is 21.3 Å². The lowest BCUT2D eigenvalue weighted by molar-refractivity contribution is 0.679. The fraction of sp³-hybridized carbons (Fsp3) is 0.455. The first-order valence-corrected chi connectivity index (χ1v) is 6.67. The minimum Gasteiger partial charge on any atom is -0.316 e. The SMILES string of the molecule is CCCNCCC=Cc1cscc1Br. The Bertz CT molecular complexity index is 281. The monoisotopic (exact) mass is 273 g/mol. The van der Waals surface area contributed by atoms with E-state index < -0.39 is 0 Å². The highest BCUT2D eigenvalue weighted by Crippen LogP contribution is 2.22. The Morgan fingerprint density at radius 1 is 1.43 bits per heavy atom. The molecular formula is C11H16BrNS. The normalized spacial score (nSPS) is 11.3. The molecule has 0 bridgehead atoms. The molecular weight excluding hydrogens is 258 g/mol. The Labute approximate surface area is 98.4 Å². The van der Waals surface area contributed by atoms with Gasteiger partial charge in [-0.25, -0.2) is 0 Å². The first kappa shape index (κ1) is 12.0. The van der Waals surface area contributed by atoms with E-state index in [1.54, 1.807) is 11.3 Å². The van der Waals surface area contributed by atoms with Gasteiger partial charge in [-0.05, 0) is 52.8 Å². The van der Waals surface area contributed by atoms with Crippen LogP contribution in [0.2, 0.25) is 0 Å². The van der Waals surface area contributed by atoms with E-state index in [0.29, 0.717) is 0 Å². The van der Waals surface area contributed by atoms with E-state index in [9.17, 15) is 0 Å². The number of rotatable bonds is 6. The minimum atomic E-state index is 1.08. The molecule has 0 aliphatic heterocycles. The van der Waals surface area contributed by atoms with E-state index in [0.717, 1.165) is 19.5 Å². The van der Waals surface area contributed by atoms with Gasteiger partial charge in [-0.1, -0.05) is 19.1 Å². The molecule has 0 amide bonds. The van der Waals surface area contributed by atoms with Crippen LogP contribution in [-0.4, -0.2) is 13.1 Å². The average molecular weight is 274 g/mol. The lowest BCUT2D eigenvalue weighted by Crippen LogP contribution is -2.14. The lowest BCUT2D eigenvalue weighted by Gasteiger charge is -1.97. The smallest absolute Gasteiger partial charge is 0.0354 e. The van der Waals surface area contributed by atoms with Crippen LogP contribution >= 0.6 is 27.3 Å². The maximum absolute atomic E-state index is 3.50. The summed E-state index contributed by atoms with van der Waals surface area (Å²) in [6, 6.07) is 0. The van der Waals surface area contributed by atoms with Gasteiger partial charge in [-0.2, -0.15) is 11.3 Å². The molecule has 0 aliphatic rings. The third-order valence-corrected chi connectivity index (χ3v) is 3.61. The van der Waals surface area contributed by atoms with Gasteiger partial charge in [0.15, 0.2) is 0 Å². The summed E-state index contributed by atoms with van der Waals surface area (Å²) >= 11 is 5.23. The predicted octanol–water partition coefficient (Wildman–Crippen LogP) is 3.91. The standard InChI is InChI=1S/C11H16BrNS/c1-2-6-13-7-4-3-5-10-8-14-9-11(10)12/h3,5,8-9,13H,2,4,6-7H2,1H3. The number of nitrogens with one attached hydrogen (secondary N) is 1. The minimum absolute atomic E-state index is 1.08. The van der Waals surface area contributed by atoms with Crippen molar-refractivity contribution in [1.29, 1.82) is 0 Å². The van der Waals surface area contributed by atoms with Crippen molar-refractivity contribution >= 4 is 33.3 Å². The molecule has 1 aromatic rings. The van der Waals surface area contributed by atoms with Gasteiger partial charge in [0.05, 0.1) is 0 Å². The Hall–Kier alpha value is -0.120. The Morgan fingerprint density at radius 2 is 2.29 bits per heavy atom. The molecule has 0 spiro atoms. The molecule has 1 aromatic heterocycles. The summed E-state index contributed by atoms with van der Waals surface area (Å²) in [5, 5.41) is 7.63. The molecule has 0 fully saturated rings. The van der Waals surface area contributed by atoms with Crippen LogP contribution in [0.4, 0.5) is 0 Å². The largest absolute Gasteiger partial charge is 0.316 e. The third kappa shape index (κ3) is 4.40. The quantitative estimate of drug-likeness (QED) is 0.775. The lowest BCUT2D eigenvalue weighted by atomic mass is 10.3. The van der Waals surface area contributed by atoms with Crippen molar-refractivity contribution in [2.45, 2.75) is 19.8 Å². The molecule has 0 saturated carbocycles. The van der Waals surface area contributed by atoms with E-state index in [-0.39, 0.29) is 0 Å². The van der Waals surface area contributed by atoms with Crippen molar-refractivity contribution in [3.05, 3.63) is 26.9 Å². The molecule has 3 heteroatoms. The molecule has 1 N–H and O–H groups in total. The summed E-state index contributed by atoms with van der Waals surface area (Å²) in [4.78, 5) is 0. The zero-order valence-corrected chi connectivity index (χ0v) is 10.8. The van der Waals surface area contributed by atoms with E-state index in [1.807, 2.05) is 0 Å². The Morgan fingerprint density at radius 3 is 2.93 bits per heavy atom. The molecule has 0 atom stereocenters. The molecule has 14 heavy (non-hydrogen) atoms. The zero-order valence-electron chi connectivity index (χ0n) is 8.42. The number of halogens is 1. The van der Waals surface area contributed by atoms with E-state index >= 15 is 0 Å². The second-order valence-corrected chi connectivity index (χ2v) is 4.71. The highest BCUT2D eigenvalue weighted by atomic mass is 79.9. The first-order chi connectivity index (χ1) is 6.84. The molecule has 1 rings (SSSR count). The molecule has 1 nitrogen and oxygen atoms in total. The second kappa shape index (κ2) is 7.21. The van der Waals surface area contributed by atoms with Crippen LogP contribution < -0.4 is 5.32 Å². The maximum atomic E-state index is 3.50. The van der Waals surface area contributed by atoms with Gasteiger partial charge in [0, 0.05) is 9.85 Å². The summed E-state index contributed by atoms with van der Waals surface area (Å²) in [5.74, 6) is 0. The van der Waals surface area contributed by atoms with Gasteiger partial charge in [0.1, 0.15) is 0 Å². The van der Waals surface area contributed by atoms with Crippen molar-refractivity contribution in [3.8, 4) is 0 Å². The van der Waals surface area contributed by atoms with Crippen LogP contribution in [0.5, 0.6) is 0 Å². The summed E-state index contributed by atoms with van der Waals surface area (Å²) in [7, 11) is 0. The van der Waals surface area contributed by atoms with Gasteiger partial charge in [0.2, 0.25) is 0 Å². The van der Waals surface area contributed by atoms with E-state index in [2.05, 4.69) is 51.1 Å².